The summed E-state index contributed by atoms with van der Waals surface area (Å²) in [6.07, 6.45) is 2.37. The van der Waals surface area contributed by atoms with Gasteiger partial charge in [0.1, 0.15) is 17.8 Å². The van der Waals surface area contributed by atoms with Crippen LogP contribution in [0.15, 0.2) is 24.3 Å². The third kappa shape index (κ3) is 7.85. The lowest BCUT2D eigenvalue weighted by Crippen LogP contribution is -2.56. The van der Waals surface area contributed by atoms with Crippen molar-refractivity contribution < 1.29 is 29.7 Å². The molecule has 0 saturated carbocycles. The number of nitrogens with two attached hydrogens (primary N) is 1. The molecule has 0 bridgehead atoms. The zero-order valence-corrected chi connectivity index (χ0v) is 15.7. The Hall–Kier alpha value is -2.30. The fourth-order valence-corrected chi connectivity index (χ4v) is 2.68. The van der Waals surface area contributed by atoms with Gasteiger partial charge in [-0.3, -0.25) is 9.59 Å². The van der Waals surface area contributed by atoms with Crippen LogP contribution in [0.2, 0.25) is 0 Å². The van der Waals surface area contributed by atoms with Gasteiger partial charge in [0.05, 0.1) is 12.6 Å². The van der Waals surface area contributed by atoms with Crippen LogP contribution in [0.25, 0.3) is 0 Å². The number of thioether (sulfide) groups is 1. The minimum atomic E-state index is -1.48. The van der Waals surface area contributed by atoms with E-state index in [0.717, 1.165) is 0 Å². The molecule has 10 heteroatoms. The lowest BCUT2D eigenvalue weighted by atomic mass is 10.0. The minimum absolute atomic E-state index is 0.0501. The van der Waals surface area contributed by atoms with E-state index in [0.29, 0.717) is 17.7 Å². The number of aliphatic hydroxyl groups excluding tert-OH is 1. The molecular weight excluding hydrogens is 374 g/mol. The van der Waals surface area contributed by atoms with Crippen molar-refractivity contribution >= 4 is 29.5 Å². The zero-order valence-electron chi connectivity index (χ0n) is 14.9. The summed E-state index contributed by atoms with van der Waals surface area (Å²) in [4.78, 5) is 35.8. The van der Waals surface area contributed by atoms with Crippen LogP contribution in [-0.4, -0.2) is 69.8 Å². The van der Waals surface area contributed by atoms with Gasteiger partial charge < -0.3 is 31.7 Å². The number of aliphatic carboxylic acids is 1. The third-order valence-corrected chi connectivity index (χ3v) is 4.42. The molecule has 0 radical (unpaired) electrons. The van der Waals surface area contributed by atoms with E-state index in [-0.39, 0.29) is 12.2 Å². The van der Waals surface area contributed by atoms with Crippen molar-refractivity contribution in [3.8, 4) is 5.75 Å². The maximum Gasteiger partial charge on any atom is 0.328 e. The number of phenolic OH excluding ortho intramolecular Hbond substituents is 1. The number of benzene rings is 1. The zero-order chi connectivity index (χ0) is 20.4. The highest BCUT2D eigenvalue weighted by molar-refractivity contribution is 7.98. The summed E-state index contributed by atoms with van der Waals surface area (Å²) in [7, 11) is 0. The molecule has 0 unspecified atom stereocenters. The second-order valence-electron chi connectivity index (χ2n) is 5.90. The molecule has 150 valence electrons. The lowest BCUT2D eigenvalue weighted by Gasteiger charge is -2.22. The van der Waals surface area contributed by atoms with Crippen LogP contribution in [0, 0.1) is 0 Å². The van der Waals surface area contributed by atoms with Crippen molar-refractivity contribution in [3.63, 3.8) is 0 Å². The first-order valence-corrected chi connectivity index (χ1v) is 9.64. The molecule has 27 heavy (non-hydrogen) atoms. The van der Waals surface area contributed by atoms with Crippen molar-refractivity contribution in [1.82, 2.24) is 10.6 Å². The monoisotopic (exact) mass is 399 g/mol. The predicted octanol–water partition coefficient (Wildman–Crippen LogP) is -0.938. The van der Waals surface area contributed by atoms with Crippen molar-refractivity contribution in [3.05, 3.63) is 29.8 Å². The fourth-order valence-electron chi connectivity index (χ4n) is 2.19. The van der Waals surface area contributed by atoms with Crippen molar-refractivity contribution in [2.75, 3.05) is 18.6 Å². The summed E-state index contributed by atoms with van der Waals surface area (Å²) in [6, 6.07) is 2.65. The number of hydrogen-bond acceptors (Lipinski definition) is 7. The first-order valence-electron chi connectivity index (χ1n) is 8.25. The van der Waals surface area contributed by atoms with E-state index in [4.69, 9.17) is 15.9 Å². The van der Waals surface area contributed by atoms with E-state index < -0.39 is 42.5 Å². The van der Waals surface area contributed by atoms with Crippen molar-refractivity contribution in [2.24, 2.45) is 5.73 Å². The molecular formula is C17H25N3O6S. The van der Waals surface area contributed by atoms with Crippen LogP contribution < -0.4 is 16.4 Å². The Morgan fingerprint density at radius 1 is 1.11 bits per heavy atom. The second-order valence-corrected chi connectivity index (χ2v) is 6.89. The molecule has 0 aromatic heterocycles. The summed E-state index contributed by atoms with van der Waals surface area (Å²) in [5.41, 5.74) is 6.46. The molecule has 3 atom stereocenters. The van der Waals surface area contributed by atoms with Gasteiger partial charge in [0.2, 0.25) is 11.8 Å². The Morgan fingerprint density at radius 3 is 2.22 bits per heavy atom. The normalized spacial score (nSPS) is 14.0. The Bertz CT molecular complexity index is 640. The van der Waals surface area contributed by atoms with Crippen LogP contribution in [0.3, 0.4) is 0 Å². The number of carbonyl (C=O) groups is 3. The first kappa shape index (κ1) is 22.7. The van der Waals surface area contributed by atoms with Gasteiger partial charge in [-0.05, 0) is 36.1 Å². The maximum absolute atomic E-state index is 12.5. The fraction of sp³-hybridized carbons (Fsp3) is 0.471. The number of carbonyl (C=O) groups excluding carboxylic acids is 2. The van der Waals surface area contributed by atoms with Crippen molar-refractivity contribution in [2.45, 2.75) is 31.0 Å². The predicted molar refractivity (Wildman–Crippen MR) is 101 cm³/mol. The van der Waals surface area contributed by atoms with Crippen molar-refractivity contribution in [1.29, 1.82) is 0 Å². The smallest absolute Gasteiger partial charge is 0.328 e. The molecule has 0 aliphatic carbocycles. The highest BCUT2D eigenvalue weighted by Gasteiger charge is 2.27. The summed E-state index contributed by atoms with van der Waals surface area (Å²) in [6.45, 7) is -0.784. The first-order chi connectivity index (χ1) is 12.8. The van der Waals surface area contributed by atoms with Gasteiger partial charge in [0.25, 0.3) is 0 Å². The van der Waals surface area contributed by atoms with E-state index in [1.54, 1.807) is 12.1 Å². The van der Waals surface area contributed by atoms with Gasteiger partial charge in [0.15, 0.2) is 0 Å². The topological polar surface area (TPSA) is 162 Å². The molecule has 0 fully saturated rings. The van der Waals surface area contributed by atoms with E-state index in [1.165, 1.54) is 23.9 Å². The Labute approximate surface area is 161 Å². The Kier molecular flexibility index (Phi) is 9.62. The minimum Gasteiger partial charge on any atom is -0.508 e. The van der Waals surface area contributed by atoms with Crippen LogP contribution in [0.5, 0.6) is 5.75 Å². The number of hydrogen-bond donors (Lipinski definition) is 6. The highest BCUT2D eigenvalue weighted by atomic mass is 32.2. The molecule has 0 heterocycles. The largest absolute Gasteiger partial charge is 0.508 e. The Balaban J connectivity index is 2.90. The number of nitrogens with one attached hydrogen (secondary N) is 2. The van der Waals surface area contributed by atoms with Gasteiger partial charge in [-0.2, -0.15) is 11.8 Å². The van der Waals surface area contributed by atoms with Gasteiger partial charge in [-0.25, -0.2) is 4.79 Å². The van der Waals surface area contributed by atoms with Gasteiger partial charge in [-0.1, -0.05) is 12.1 Å². The molecule has 7 N–H and O–H groups in total. The average Bonchev–Trinajstić information content (AvgIpc) is 2.64. The summed E-state index contributed by atoms with van der Waals surface area (Å²) < 4.78 is 0. The molecule has 9 nitrogen and oxygen atoms in total. The molecule has 0 spiro atoms. The summed E-state index contributed by atoms with van der Waals surface area (Å²) in [5, 5.41) is 32.1. The summed E-state index contributed by atoms with van der Waals surface area (Å²) in [5.74, 6) is -1.95. The lowest BCUT2D eigenvalue weighted by molar-refractivity contribution is -0.143. The van der Waals surface area contributed by atoms with Gasteiger partial charge in [0, 0.05) is 6.42 Å². The average molecular weight is 399 g/mol. The standard InChI is InChI=1S/C17H25N3O6S/c1-27-7-6-12(18)15(23)19-13(8-10-2-4-11(22)5-3-10)16(24)20-14(9-21)17(25)26/h2-5,12-14,21-22H,6-9,18H2,1H3,(H,19,23)(H,20,24)(H,25,26)/t12-,13-,14-/m0/s1. The van der Waals surface area contributed by atoms with Crippen LogP contribution in [-0.2, 0) is 20.8 Å². The maximum atomic E-state index is 12.5. The number of aliphatic hydroxyl groups is 1. The van der Waals surface area contributed by atoms with E-state index >= 15 is 0 Å². The quantitative estimate of drug-likeness (QED) is 0.278. The number of aromatic hydroxyl groups is 1. The number of phenols is 1. The van der Waals surface area contributed by atoms with Crippen LogP contribution in [0.1, 0.15) is 12.0 Å². The van der Waals surface area contributed by atoms with Crippen LogP contribution >= 0.6 is 11.8 Å². The molecule has 1 rings (SSSR count). The molecule has 0 saturated heterocycles. The number of amides is 2. The number of carboxylic acids is 1. The SMILES string of the molecule is CSCC[C@H](N)C(=O)N[C@@H](Cc1ccc(O)cc1)C(=O)N[C@@H](CO)C(=O)O. The molecule has 0 aliphatic heterocycles. The van der Waals surface area contributed by atoms with Gasteiger partial charge in [-0.15, -0.1) is 0 Å². The van der Waals surface area contributed by atoms with Crippen LogP contribution in [0.4, 0.5) is 0 Å². The molecule has 0 aliphatic rings. The van der Waals surface area contributed by atoms with Gasteiger partial charge >= 0.3 is 5.97 Å². The Morgan fingerprint density at radius 2 is 1.70 bits per heavy atom. The number of carboxylic acid groups (broad SMARTS) is 1. The third-order valence-electron chi connectivity index (χ3n) is 3.78. The van der Waals surface area contributed by atoms with E-state index in [2.05, 4.69) is 10.6 Å². The second kappa shape index (κ2) is 11.4. The highest BCUT2D eigenvalue weighted by Crippen LogP contribution is 2.12. The summed E-state index contributed by atoms with van der Waals surface area (Å²) >= 11 is 1.54. The van der Waals surface area contributed by atoms with E-state index in [1.807, 2.05) is 6.26 Å². The number of rotatable bonds is 11. The molecule has 2 amide bonds. The molecule has 1 aromatic rings. The molecule has 1 aromatic carbocycles. The van der Waals surface area contributed by atoms with E-state index in [9.17, 15) is 19.5 Å².